The van der Waals surface area contributed by atoms with E-state index in [1.165, 1.54) is 30.4 Å². The molecular formula is C19H23FN2O3S. The SMILES string of the molecule is COc1ccc(F)cc1S(=O)(=O)NCCCN1CCc2ccccc2C1. The van der Waals surface area contributed by atoms with Crippen LogP contribution in [0, 0.1) is 5.82 Å². The quantitative estimate of drug-likeness (QED) is 0.753. The molecule has 0 amide bonds. The predicted octanol–water partition coefficient (Wildman–Crippen LogP) is 2.56. The molecule has 0 radical (unpaired) electrons. The summed E-state index contributed by atoms with van der Waals surface area (Å²) < 4.78 is 45.8. The van der Waals surface area contributed by atoms with E-state index in [0.717, 1.165) is 32.1 Å². The van der Waals surface area contributed by atoms with Crippen molar-refractivity contribution in [3.05, 3.63) is 59.4 Å². The van der Waals surface area contributed by atoms with Gasteiger partial charge in [0.25, 0.3) is 0 Å². The molecule has 0 aliphatic carbocycles. The van der Waals surface area contributed by atoms with Crippen LogP contribution in [0.4, 0.5) is 4.39 Å². The van der Waals surface area contributed by atoms with Crippen LogP contribution < -0.4 is 9.46 Å². The first-order valence-electron chi connectivity index (χ1n) is 8.62. The second-order valence-corrected chi connectivity index (χ2v) is 8.08. The number of fused-ring (bicyclic) bond motifs is 1. The molecule has 0 unspecified atom stereocenters. The van der Waals surface area contributed by atoms with Crippen molar-refractivity contribution in [3.63, 3.8) is 0 Å². The van der Waals surface area contributed by atoms with Crippen LogP contribution in [0.25, 0.3) is 0 Å². The summed E-state index contributed by atoms with van der Waals surface area (Å²) in [6.07, 6.45) is 1.70. The Hall–Kier alpha value is -1.96. The summed E-state index contributed by atoms with van der Waals surface area (Å²) in [6.45, 7) is 2.96. The molecule has 3 rings (SSSR count). The van der Waals surface area contributed by atoms with Gasteiger partial charge in [-0.1, -0.05) is 24.3 Å². The molecule has 1 heterocycles. The number of benzene rings is 2. The molecule has 1 N–H and O–H groups in total. The Morgan fingerprint density at radius 1 is 1.19 bits per heavy atom. The van der Waals surface area contributed by atoms with Crippen molar-refractivity contribution >= 4 is 10.0 Å². The van der Waals surface area contributed by atoms with Gasteiger partial charge >= 0.3 is 0 Å². The first-order chi connectivity index (χ1) is 12.5. The number of nitrogens with zero attached hydrogens (tertiary/aromatic N) is 1. The molecule has 2 aromatic carbocycles. The van der Waals surface area contributed by atoms with Gasteiger partial charge in [-0.3, -0.25) is 4.90 Å². The lowest BCUT2D eigenvalue weighted by Gasteiger charge is -2.28. The van der Waals surface area contributed by atoms with E-state index >= 15 is 0 Å². The van der Waals surface area contributed by atoms with Crippen molar-refractivity contribution in [3.8, 4) is 5.75 Å². The minimum absolute atomic E-state index is 0.131. The van der Waals surface area contributed by atoms with Crippen LogP contribution in [0.15, 0.2) is 47.4 Å². The second kappa shape index (κ2) is 8.16. The molecule has 2 aromatic rings. The van der Waals surface area contributed by atoms with Crippen molar-refractivity contribution in [2.24, 2.45) is 0 Å². The highest BCUT2D eigenvalue weighted by Gasteiger charge is 2.20. The highest BCUT2D eigenvalue weighted by molar-refractivity contribution is 7.89. The van der Waals surface area contributed by atoms with Crippen LogP contribution >= 0.6 is 0 Å². The van der Waals surface area contributed by atoms with Gasteiger partial charge in [0.15, 0.2) is 0 Å². The number of sulfonamides is 1. The van der Waals surface area contributed by atoms with Crippen LogP contribution in [-0.2, 0) is 23.0 Å². The molecule has 0 saturated carbocycles. The van der Waals surface area contributed by atoms with E-state index in [1.54, 1.807) is 0 Å². The van der Waals surface area contributed by atoms with E-state index in [4.69, 9.17) is 4.74 Å². The second-order valence-electron chi connectivity index (χ2n) is 6.34. The summed E-state index contributed by atoms with van der Waals surface area (Å²) >= 11 is 0. The molecule has 7 heteroatoms. The molecule has 0 spiro atoms. The largest absolute Gasteiger partial charge is 0.495 e. The van der Waals surface area contributed by atoms with E-state index in [0.29, 0.717) is 13.0 Å². The number of methoxy groups -OCH3 is 1. The number of nitrogens with one attached hydrogen (secondary N) is 1. The minimum Gasteiger partial charge on any atom is -0.495 e. The zero-order chi connectivity index (χ0) is 18.6. The molecule has 0 atom stereocenters. The summed E-state index contributed by atoms with van der Waals surface area (Å²) in [6, 6.07) is 11.9. The third-order valence-corrected chi connectivity index (χ3v) is 6.05. The van der Waals surface area contributed by atoms with Gasteiger partial charge in [0.05, 0.1) is 7.11 Å². The Labute approximate surface area is 153 Å². The molecule has 0 fully saturated rings. The monoisotopic (exact) mass is 378 g/mol. The highest BCUT2D eigenvalue weighted by atomic mass is 32.2. The van der Waals surface area contributed by atoms with Gasteiger partial charge in [-0.15, -0.1) is 0 Å². The Morgan fingerprint density at radius 3 is 2.73 bits per heavy atom. The molecule has 1 aliphatic heterocycles. The number of hydrogen-bond acceptors (Lipinski definition) is 4. The molecule has 1 aliphatic rings. The van der Waals surface area contributed by atoms with E-state index in [-0.39, 0.29) is 10.6 Å². The molecule has 0 saturated heterocycles. The van der Waals surface area contributed by atoms with Gasteiger partial charge in [-0.25, -0.2) is 17.5 Å². The molecule has 0 bridgehead atoms. The van der Waals surface area contributed by atoms with Crippen molar-refractivity contribution in [1.29, 1.82) is 0 Å². The first kappa shape index (κ1) is 18.8. The van der Waals surface area contributed by atoms with E-state index in [2.05, 4.69) is 27.8 Å². The highest BCUT2D eigenvalue weighted by Crippen LogP contribution is 2.24. The van der Waals surface area contributed by atoms with Crippen LogP contribution in [0.1, 0.15) is 17.5 Å². The topological polar surface area (TPSA) is 58.6 Å². The van der Waals surface area contributed by atoms with Gasteiger partial charge in [0.2, 0.25) is 10.0 Å². The lowest BCUT2D eigenvalue weighted by molar-refractivity contribution is 0.251. The maximum Gasteiger partial charge on any atom is 0.244 e. The fourth-order valence-corrected chi connectivity index (χ4v) is 4.45. The molecule has 26 heavy (non-hydrogen) atoms. The molecule has 0 aromatic heterocycles. The van der Waals surface area contributed by atoms with Crippen LogP contribution in [0.2, 0.25) is 0 Å². The van der Waals surface area contributed by atoms with Crippen molar-refractivity contribution in [1.82, 2.24) is 9.62 Å². The average molecular weight is 378 g/mol. The number of halogens is 1. The van der Waals surface area contributed by atoms with Crippen LogP contribution in [0.3, 0.4) is 0 Å². The van der Waals surface area contributed by atoms with Crippen molar-refractivity contribution in [2.75, 3.05) is 26.7 Å². The van der Waals surface area contributed by atoms with Gasteiger partial charge < -0.3 is 4.74 Å². The Balaban J connectivity index is 1.53. The third kappa shape index (κ3) is 4.41. The lowest BCUT2D eigenvalue weighted by Crippen LogP contribution is -2.33. The molecular weight excluding hydrogens is 355 g/mol. The number of rotatable bonds is 7. The van der Waals surface area contributed by atoms with E-state index in [1.807, 2.05) is 6.07 Å². The summed E-state index contributed by atoms with van der Waals surface area (Å²) in [5.41, 5.74) is 2.73. The Morgan fingerprint density at radius 2 is 1.96 bits per heavy atom. The number of hydrogen-bond donors (Lipinski definition) is 1. The standard InChI is InChI=1S/C19H23FN2O3S/c1-25-18-8-7-17(20)13-19(18)26(23,24)21-10-4-11-22-12-9-15-5-2-3-6-16(15)14-22/h2-3,5-8,13,21H,4,9-12,14H2,1H3. The first-order valence-corrected chi connectivity index (χ1v) is 10.1. The lowest BCUT2D eigenvalue weighted by atomic mass is 10.00. The maximum atomic E-state index is 13.4. The summed E-state index contributed by atoms with van der Waals surface area (Å²) in [7, 11) is -2.45. The number of ether oxygens (including phenoxy) is 1. The van der Waals surface area contributed by atoms with Crippen molar-refractivity contribution < 1.29 is 17.5 Å². The third-order valence-electron chi connectivity index (χ3n) is 4.57. The average Bonchev–Trinajstić information content (AvgIpc) is 2.65. The van der Waals surface area contributed by atoms with Crippen molar-refractivity contribution in [2.45, 2.75) is 24.3 Å². The summed E-state index contributed by atoms with van der Waals surface area (Å²) in [5, 5.41) is 0. The van der Waals surface area contributed by atoms with Crippen LogP contribution in [-0.4, -0.2) is 40.1 Å². The van der Waals surface area contributed by atoms with Gasteiger partial charge in [-0.05, 0) is 48.7 Å². The zero-order valence-electron chi connectivity index (χ0n) is 14.7. The van der Waals surface area contributed by atoms with Crippen LogP contribution in [0.5, 0.6) is 5.75 Å². The summed E-state index contributed by atoms with van der Waals surface area (Å²) in [4.78, 5) is 2.14. The molecule has 5 nitrogen and oxygen atoms in total. The van der Waals surface area contributed by atoms with Gasteiger partial charge in [0.1, 0.15) is 16.5 Å². The Bertz CT molecular complexity index is 871. The maximum absolute atomic E-state index is 13.4. The molecule has 140 valence electrons. The summed E-state index contributed by atoms with van der Waals surface area (Å²) in [5.74, 6) is -0.482. The van der Waals surface area contributed by atoms with Gasteiger partial charge in [-0.2, -0.15) is 0 Å². The normalized spacial score (nSPS) is 14.8. The minimum atomic E-state index is -3.81. The predicted molar refractivity (Wildman–Crippen MR) is 98.2 cm³/mol. The zero-order valence-corrected chi connectivity index (χ0v) is 15.6. The Kier molecular flexibility index (Phi) is 5.90. The fraction of sp³-hybridized carbons (Fsp3) is 0.368. The van der Waals surface area contributed by atoms with E-state index in [9.17, 15) is 12.8 Å². The van der Waals surface area contributed by atoms with E-state index < -0.39 is 15.8 Å². The smallest absolute Gasteiger partial charge is 0.244 e. The van der Waals surface area contributed by atoms with Gasteiger partial charge in [0, 0.05) is 19.6 Å². The fourth-order valence-electron chi connectivity index (χ4n) is 3.19.